The third-order valence-electron chi connectivity index (χ3n) is 2.87. The molecule has 1 aromatic rings. The number of nitrogens with zero attached hydrogens (tertiary/aromatic N) is 1. The zero-order valence-corrected chi connectivity index (χ0v) is 10.2. The molecule has 2 atom stereocenters. The van der Waals surface area contributed by atoms with E-state index in [9.17, 15) is 18.0 Å². The molecule has 1 aromatic carbocycles. The van der Waals surface area contributed by atoms with E-state index in [1.807, 2.05) is 0 Å². The second kappa shape index (κ2) is 4.28. The molecule has 1 fully saturated rings. The van der Waals surface area contributed by atoms with Crippen LogP contribution in [0.4, 0.5) is 18.9 Å². The molecule has 0 aromatic heterocycles. The normalized spacial score (nSPS) is 26.6. The number of hydrogen-bond acceptors (Lipinski definition) is 3. The van der Waals surface area contributed by atoms with Crippen LogP contribution < -0.4 is 4.90 Å². The summed E-state index contributed by atoms with van der Waals surface area (Å²) in [4.78, 5) is 13.1. The van der Waals surface area contributed by atoms with Crippen LogP contribution in [0, 0.1) is 0 Å². The number of halogens is 3. The highest BCUT2D eigenvalue weighted by atomic mass is 32.2. The Labute approximate surface area is 111 Å². The molecule has 0 radical (unpaired) electrons. The maximum Gasteiger partial charge on any atom is 0.417 e. The molecule has 3 nitrogen and oxygen atoms in total. The van der Waals surface area contributed by atoms with Gasteiger partial charge in [0.25, 0.3) is 5.91 Å². The lowest BCUT2D eigenvalue weighted by Crippen LogP contribution is -2.38. The average molecular weight is 287 g/mol. The van der Waals surface area contributed by atoms with Gasteiger partial charge in [-0.05, 0) is 17.5 Å². The molecule has 7 heteroatoms. The monoisotopic (exact) mass is 287 g/mol. The van der Waals surface area contributed by atoms with Crippen LogP contribution in [0.25, 0.3) is 0 Å². The molecule has 0 N–H and O–H groups in total. The smallest absolute Gasteiger partial charge is 0.329 e. The van der Waals surface area contributed by atoms with Crippen molar-refractivity contribution in [1.82, 2.24) is 0 Å². The topological polar surface area (TPSA) is 29.5 Å². The molecule has 0 spiro atoms. The van der Waals surface area contributed by atoms with Crippen LogP contribution in [0.2, 0.25) is 0 Å². The Hall–Kier alpha value is -1.47. The first-order valence-electron chi connectivity index (χ1n) is 5.45. The van der Waals surface area contributed by atoms with Gasteiger partial charge < -0.3 is 4.74 Å². The van der Waals surface area contributed by atoms with Crippen molar-refractivity contribution in [1.29, 1.82) is 0 Å². The SMILES string of the molecule is O=C1C2OC(C(C(F)(F)F)=CS2)N1c1ccccc1. The largest absolute Gasteiger partial charge is 0.417 e. The summed E-state index contributed by atoms with van der Waals surface area (Å²) in [7, 11) is 0. The maximum atomic E-state index is 12.9. The van der Waals surface area contributed by atoms with Crippen LogP contribution in [0.3, 0.4) is 0 Å². The highest BCUT2D eigenvalue weighted by molar-refractivity contribution is 8.03. The number of alkyl halides is 3. The summed E-state index contributed by atoms with van der Waals surface area (Å²) in [5, 5.41) is 0.972. The van der Waals surface area contributed by atoms with Crippen molar-refractivity contribution in [2.24, 2.45) is 0 Å². The van der Waals surface area contributed by atoms with Crippen LogP contribution in [0.5, 0.6) is 0 Å². The number of carbonyl (C=O) groups is 1. The van der Waals surface area contributed by atoms with Crippen molar-refractivity contribution in [3.8, 4) is 0 Å². The number of benzene rings is 1. The van der Waals surface area contributed by atoms with Gasteiger partial charge in [0.1, 0.15) is 0 Å². The van der Waals surface area contributed by atoms with Crippen molar-refractivity contribution >= 4 is 23.4 Å². The van der Waals surface area contributed by atoms with E-state index in [2.05, 4.69) is 0 Å². The van der Waals surface area contributed by atoms with Gasteiger partial charge in [-0.25, -0.2) is 0 Å². The molecule has 1 amide bonds. The first-order valence-corrected chi connectivity index (χ1v) is 6.39. The highest BCUT2D eigenvalue weighted by Gasteiger charge is 2.53. The Morgan fingerprint density at radius 2 is 1.89 bits per heavy atom. The fourth-order valence-electron chi connectivity index (χ4n) is 2.02. The Morgan fingerprint density at radius 1 is 1.21 bits per heavy atom. The minimum Gasteiger partial charge on any atom is -0.329 e. The van der Waals surface area contributed by atoms with Crippen LogP contribution in [-0.2, 0) is 9.53 Å². The van der Waals surface area contributed by atoms with Crippen molar-refractivity contribution in [3.05, 3.63) is 41.3 Å². The molecule has 2 bridgehead atoms. The number of amides is 1. The number of anilines is 1. The van der Waals surface area contributed by atoms with Gasteiger partial charge in [0, 0.05) is 5.69 Å². The zero-order valence-electron chi connectivity index (χ0n) is 9.42. The third kappa shape index (κ3) is 2.02. The first-order chi connectivity index (χ1) is 8.98. The number of hydrogen-bond donors (Lipinski definition) is 0. The van der Waals surface area contributed by atoms with E-state index in [1.54, 1.807) is 30.3 Å². The summed E-state index contributed by atoms with van der Waals surface area (Å²) >= 11 is 0.751. The fourth-order valence-corrected chi connectivity index (χ4v) is 2.94. The van der Waals surface area contributed by atoms with Crippen LogP contribution in [-0.4, -0.2) is 23.7 Å². The van der Waals surface area contributed by atoms with Gasteiger partial charge in [-0.2, -0.15) is 13.2 Å². The van der Waals surface area contributed by atoms with Gasteiger partial charge in [-0.3, -0.25) is 9.69 Å². The number of carbonyl (C=O) groups excluding carboxylic acids is 1. The summed E-state index contributed by atoms with van der Waals surface area (Å²) in [5.41, 5.74) is -1.34. The Morgan fingerprint density at radius 3 is 2.53 bits per heavy atom. The molecule has 0 aliphatic carbocycles. The summed E-state index contributed by atoms with van der Waals surface area (Å²) in [5.74, 6) is -0.461. The number of ether oxygens (including phenoxy) is 1. The van der Waals surface area contributed by atoms with Crippen LogP contribution in [0.1, 0.15) is 0 Å². The third-order valence-corrected chi connectivity index (χ3v) is 3.82. The summed E-state index contributed by atoms with van der Waals surface area (Å²) in [6, 6.07) is 8.22. The lowest BCUT2D eigenvalue weighted by Gasteiger charge is -2.26. The van der Waals surface area contributed by atoms with Crippen LogP contribution >= 0.6 is 11.8 Å². The summed E-state index contributed by atoms with van der Waals surface area (Å²) < 4.78 is 43.9. The zero-order chi connectivity index (χ0) is 13.6. The van der Waals surface area contributed by atoms with Crippen molar-refractivity contribution in [3.63, 3.8) is 0 Å². The van der Waals surface area contributed by atoms with E-state index in [0.717, 1.165) is 22.1 Å². The molecule has 2 unspecified atom stereocenters. The molecule has 1 saturated heterocycles. The number of fused-ring (bicyclic) bond motifs is 2. The van der Waals surface area contributed by atoms with E-state index in [-0.39, 0.29) is 0 Å². The molecule has 2 aliphatic rings. The van der Waals surface area contributed by atoms with E-state index < -0.39 is 29.3 Å². The Bertz CT molecular complexity index is 544. The van der Waals surface area contributed by atoms with Gasteiger partial charge in [-0.1, -0.05) is 30.0 Å². The minimum absolute atomic E-state index is 0.401. The van der Waals surface area contributed by atoms with Gasteiger partial charge in [-0.15, -0.1) is 0 Å². The van der Waals surface area contributed by atoms with E-state index in [4.69, 9.17) is 4.74 Å². The maximum absolute atomic E-state index is 12.9. The lowest BCUT2D eigenvalue weighted by atomic mass is 10.2. The fraction of sp³-hybridized carbons (Fsp3) is 0.250. The number of para-hydroxylation sites is 1. The minimum atomic E-state index is -4.51. The molecular weight excluding hydrogens is 279 g/mol. The molecule has 3 rings (SSSR count). The molecule has 0 saturated carbocycles. The predicted molar refractivity (Wildman–Crippen MR) is 64.3 cm³/mol. The van der Waals surface area contributed by atoms with Crippen LogP contribution in [0.15, 0.2) is 41.3 Å². The average Bonchev–Trinajstić information content (AvgIpc) is 2.61. The Balaban J connectivity index is 2.02. The van der Waals surface area contributed by atoms with Crippen molar-refractivity contribution < 1.29 is 22.7 Å². The highest BCUT2D eigenvalue weighted by Crippen LogP contribution is 2.44. The number of thioether (sulfide) groups is 1. The number of rotatable bonds is 1. The van der Waals surface area contributed by atoms with E-state index in [1.165, 1.54) is 0 Å². The Kier molecular flexibility index (Phi) is 2.83. The summed E-state index contributed by atoms with van der Waals surface area (Å²) in [6.07, 6.45) is -5.90. The quantitative estimate of drug-likeness (QED) is 0.795. The second-order valence-corrected chi connectivity index (χ2v) is 5.01. The molecule has 19 heavy (non-hydrogen) atoms. The van der Waals surface area contributed by atoms with E-state index in [0.29, 0.717) is 5.69 Å². The second-order valence-electron chi connectivity index (χ2n) is 4.07. The lowest BCUT2D eigenvalue weighted by molar-refractivity contribution is -0.119. The molecule has 100 valence electrons. The predicted octanol–water partition coefficient (Wildman–Crippen LogP) is 2.90. The van der Waals surface area contributed by atoms with Gasteiger partial charge >= 0.3 is 6.18 Å². The van der Waals surface area contributed by atoms with Gasteiger partial charge in [0.2, 0.25) is 0 Å². The van der Waals surface area contributed by atoms with Gasteiger partial charge in [0.05, 0.1) is 5.57 Å². The first kappa shape index (κ1) is 12.6. The van der Waals surface area contributed by atoms with E-state index >= 15 is 0 Å². The van der Waals surface area contributed by atoms with Crippen molar-refractivity contribution in [2.45, 2.75) is 17.8 Å². The summed E-state index contributed by atoms with van der Waals surface area (Å²) in [6.45, 7) is 0. The molecular formula is C12H8F3NO2S. The standard InChI is InChI=1S/C12H8F3NO2S/c13-12(14,15)8-6-19-11-9(17)16(10(8)18-11)7-4-2-1-3-5-7/h1-6,10-11H. The molecule has 2 aliphatic heterocycles. The van der Waals surface area contributed by atoms with Gasteiger partial charge in [0.15, 0.2) is 11.7 Å². The molecule has 2 heterocycles. The van der Waals surface area contributed by atoms with Crippen molar-refractivity contribution in [2.75, 3.05) is 4.90 Å².